The van der Waals surface area contributed by atoms with E-state index in [0.717, 1.165) is 5.69 Å². The number of aromatic nitrogens is 2. The minimum absolute atomic E-state index is 0.000510. The summed E-state index contributed by atoms with van der Waals surface area (Å²) in [5.41, 5.74) is 1.58. The number of amides is 1. The summed E-state index contributed by atoms with van der Waals surface area (Å²) in [6.07, 6.45) is 3.01. The summed E-state index contributed by atoms with van der Waals surface area (Å²) in [6.45, 7) is 0. The van der Waals surface area contributed by atoms with E-state index in [4.69, 9.17) is 23.2 Å². The van der Waals surface area contributed by atoms with Crippen LogP contribution >= 0.6 is 23.2 Å². The summed E-state index contributed by atoms with van der Waals surface area (Å²) in [6, 6.07) is 19.9. The number of hydrogen-bond donors (Lipinski definition) is 2. The van der Waals surface area contributed by atoms with Gasteiger partial charge in [-0.15, -0.1) is 0 Å². The van der Waals surface area contributed by atoms with Gasteiger partial charge >= 0.3 is 0 Å². The average molecular weight is 487 g/mol. The normalized spacial score (nSPS) is 11.2. The van der Waals surface area contributed by atoms with Crippen molar-refractivity contribution < 1.29 is 13.2 Å². The van der Waals surface area contributed by atoms with Gasteiger partial charge in [-0.3, -0.25) is 9.52 Å². The molecular weight excluding hydrogens is 471 g/mol. The number of halogens is 2. The molecule has 4 aromatic rings. The molecule has 162 valence electrons. The highest BCUT2D eigenvalue weighted by molar-refractivity contribution is 7.92. The van der Waals surface area contributed by atoms with Crippen LogP contribution in [0.1, 0.15) is 10.4 Å². The van der Waals surface area contributed by atoms with Gasteiger partial charge < -0.3 is 5.32 Å². The van der Waals surface area contributed by atoms with E-state index < -0.39 is 15.9 Å². The second-order valence-corrected chi connectivity index (χ2v) is 9.16. The van der Waals surface area contributed by atoms with Gasteiger partial charge in [-0.25, -0.2) is 13.1 Å². The first-order valence-corrected chi connectivity index (χ1v) is 11.6. The van der Waals surface area contributed by atoms with E-state index in [2.05, 4.69) is 15.1 Å². The standard InChI is InChI=1S/C22H16Cl2N4O3S/c23-18-8-4-5-9-20(18)27-32(30,31)21-12-16(10-11-19(21)24)26-22(29)15-13-25-28(14-15)17-6-2-1-3-7-17/h1-14,27H,(H,26,29). The SMILES string of the molecule is O=C(Nc1ccc(Cl)c(S(=O)(=O)Nc2ccccc2Cl)c1)c1cnn(-c2ccccc2)c1. The Morgan fingerprint density at radius 2 is 1.62 bits per heavy atom. The van der Waals surface area contributed by atoms with Crippen molar-refractivity contribution in [2.75, 3.05) is 10.0 Å². The fourth-order valence-corrected chi connectivity index (χ4v) is 4.74. The third-order valence-electron chi connectivity index (χ3n) is 4.46. The molecule has 3 aromatic carbocycles. The number of para-hydroxylation sites is 2. The smallest absolute Gasteiger partial charge is 0.263 e. The maximum Gasteiger partial charge on any atom is 0.263 e. The van der Waals surface area contributed by atoms with E-state index in [1.54, 1.807) is 29.1 Å². The molecule has 0 unspecified atom stereocenters. The van der Waals surface area contributed by atoms with Crippen LogP contribution in [-0.2, 0) is 10.0 Å². The van der Waals surface area contributed by atoms with Crippen LogP contribution in [0.25, 0.3) is 5.69 Å². The molecule has 1 aromatic heterocycles. The van der Waals surface area contributed by atoms with Gasteiger partial charge in [0.1, 0.15) is 4.90 Å². The lowest BCUT2D eigenvalue weighted by Crippen LogP contribution is -2.15. The van der Waals surface area contributed by atoms with Crippen LogP contribution in [0.2, 0.25) is 10.0 Å². The van der Waals surface area contributed by atoms with Gasteiger partial charge in [0.25, 0.3) is 15.9 Å². The summed E-state index contributed by atoms with van der Waals surface area (Å²) in [5.74, 6) is -0.447. The van der Waals surface area contributed by atoms with E-state index in [-0.39, 0.29) is 26.3 Å². The maximum atomic E-state index is 12.9. The number of carbonyl (C=O) groups excluding carboxylic acids is 1. The van der Waals surface area contributed by atoms with Crippen LogP contribution in [0.3, 0.4) is 0 Å². The number of anilines is 2. The molecular formula is C22H16Cl2N4O3S. The molecule has 7 nitrogen and oxygen atoms in total. The van der Waals surface area contributed by atoms with Gasteiger partial charge in [0, 0.05) is 11.9 Å². The fraction of sp³-hybridized carbons (Fsp3) is 0. The first-order chi connectivity index (χ1) is 15.3. The zero-order valence-corrected chi connectivity index (χ0v) is 18.7. The summed E-state index contributed by atoms with van der Waals surface area (Å²) in [5, 5.41) is 7.10. The first-order valence-electron chi connectivity index (χ1n) is 9.32. The molecule has 0 radical (unpaired) electrons. The Balaban J connectivity index is 1.56. The Labute approximate surface area is 194 Å². The van der Waals surface area contributed by atoms with Crippen molar-refractivity contribution in [1.29, 1.82) is 0 Å². The van der Waals surface area contributed by atoms with Crippen molar-refractivity contribution in [3.05, 3.63) is 101 Å². The Kier molecular flexibility index (Phi) is 6.18. The lowest BCUT2D eigenvalue weighted by atomic mass is 10.3. The van der Waals surface area contributed by atoms with Crippen molar-refractivity contribution >= 4 is 50.5 Å². The zero-order valence-electron chi connectivity index (χ0n) is 16.4. The molecule has 0 aliphatic heterocycles. The van der Waals surface area contributed by atoms with Crippen molar-refractivity contribution in [2.24, 2.45) is 0 Å². The number of sulfonamides is 1. The largest absolute Gasteiger partial charge is 0.322 e. The molecule has 10 heteroatoms. The number of nitrogens with one attached hydrogen (secondary N) is 2. The maximum absolute atomic E-state index is 12.9. The Morgan fingerprint density at radius 1 is 0.906 bits per heavy atom. The molecule has 1 amide bonds. The quantitative estimate of drug-likeness (QED) is 0.390. The molecule has 32 heavy (non-hydrogen) atoms. The highest BCUT2D eigenvalue weighted by Crippen LogP contribution is 2.29. The molecule has 2 N–H and O–H groups in total. The zero-order chi connectivity index (χ0) is 22.7. The summed E-state index contributed by atoms with van der Waals surface area (Å²) in [7, 11) is -4.06. The molecule has 0 spiro atoms. The fourth-order valence-electron chi connectivity index (χ4n) is 2.90. The Bertz CT molecular complexity index is 1390. The van der Waals surface area contributed by atoms with Gasteiger partial charge in [-0.2, -0.15) is 5.10 Å². The lowest BCUT2D eigenvalue weighted by molar-refractivity contribution is 0.102. The third kappa shape index (κ3) is 4.77. The highest BCUT2D eigenvalue weighted by Gasteiger charge is 2.21. The minimum atomic E-state index is -4.06. The topological polar surface area (TPSA) is 93.1 Å². The van der Waals surface area contributed by atoms with Gasteiger partial charge in [0.2, 0.25) is 0 Å². The molecule has 0 saturated heterocycles. The molecule has 0 bridgehead atoms. The highest BCUT2D eigenvalue weighted by atomic mass is 35.5. The molecule has 0 fully saturated rings. The summed E-state index contributed by atoms with van der Waals surface area (Å²) in [4.78, 5) is 12.5. The summed E-state index contributed by atoms with van der Waals surface area (Å²) < 4.78 is 29.7. The van der Waals surface area contributed by atoms with Gasteiger partial charge in [-0.05, 0) is 42.5 Å². The number of nitrogens with zero attached hydrogens (tertiary/aromatic N) is 2. The Hall–Kier alpha value is -3.33. The van der Waals surface area contributed by atoms with Gasteiger partial charge in [-0.1, -0.05) is 53.5 Å². The summed E-state index contributed by atoms with van der Waals surface area (Å²) >= 11 is 12.2. The van der Waals surface area contributed by atoms with Crippen LogP contribution in [0.5, 0.6) is 0 Å². The van der Waals surface area contributed by atoms with Crippen LogP contribution in [0.4, 0.5) is 11.4 Å². The molecule has 0 saturated carbocycles. The number of benzene rings is 3. The van der Waals surface area contributed by atoms with E-state index in [1.807, 2.05) is 30.3 Å². The second-order valence-electron chi connectivity index (χ2n) is 6.69. The molecule has 1 heterocycles. The third-order valence-corrected chi connectivity index (χ3v) is 6.64. The predicted molar refractivity (Wildman–Crippen MR) is 125 cm³/mol. The van der Waals surface area contributed by atoms with E-state index in [1.165, 1.54) is 30.5 Å². The molecule has 0 aliphatic carbocycles. The minimum Gasteiger partial charge on any atom is -0.322 e. The number of hydrogen-bond acceptors (Lipinski definition) is 4. The van der Waals surface area contributed by atoms with Crippen LogP contribution in [0.15, 0.2) is 90.1 Å². The predicted octanol–water partition coefficient (Wildman–Crippen LogP) is 5.23. The van der Waals surface area contributed by atoms with Crippen molar-refractivity contribution in [3.8, 4) is 5.69 Å². The van der Waals surface area contributed by atoms with Gasteiger partial charge in [0.15, 0.2) is 0 Å². The molecule has 0 atom stereocenters. The first kappa shape index (κ1) is 21.9. The molecule has 0 aliphatic rings. The lowest BCUT2D eigenvalue weighted by Gasteiger charge is -2.12. The van der Waals surface area contributed by atoms with Crippen LogP contribution < -0.4 is 10.0 Å². The molecule has 4 rings (SSSR count). The average Bonchev–Trinajstić information content (AvgIpc) is 3.28. The number of rotatable bonds is 6. The van der Waals surface area contributed by atoms with Crippen LogP contribution in [-0.4, -0.2) is 24.1 Å². The van der Waals surface area contributed by atoms with E-state index in [9.17, 15) is 13.2 Å². The van der Waals surface area contributed by atoms with Crippen LogP contribution in [0, 0.1) is 0 Å². The number of carbonyl (C=O) groups is 1. The van der Waals surface area contributed by atoms with E-state index >= 15 is 0 Å². The monoisotopic (exact) mass is 486 g/mol. The van der Waals surface area contributed by atoms with Crippen molar-refractivity contribution in [1.82, 2.24) is 9.78 Å². The van der Waals surface area contributed by atoms with Crippen molar-refractivity contribution in [3.63, 3.8) is 0 Å². The Morgan fingerprint density at radius 3 is 2.38 bits per heavy atom. The van der Waals surface area contributed by atoms with E-state index in [0.29, 0.717) is 5.56 Å². The van der Waals surface area contributed by atoms with Crippen molar-refractivity contribution in [2.45, 2.75) is 4.90 Å². The van der Waals surface area contributed by atoms with Gasteiger partial charge in [0.05, 0.1) is 33.2 Å². The second kappa shape index (κ2) is 9.04.